The minimum Gasteiger partial charge on any atom is -0.394 e. The summed E-state index contributed by atoms with van der Waals surface area (Å²) in [6.07, 6.45) is 6.03. The van der Waals surface area contributed by atoms with Crippen molar-refractivity contribution in [1.29, 1.82) is 0 Å². The minimum atomic E-state index is -0.629. The summed E-state index contributed by atoms with van der Waals surface area (Å²) in [4.78, 5) is 12.7. The second-order valence-corrected chi connectivity index (χ2v) is 8.23. The molecule has 2 aliphatic rings. The molecular formula is C25H30O3. The van der Waals surface area contributed by atoms with E-state index in [0.29, 0.717) is 23.3 Å². The molecule has 2 aliphatic carbocycles. The average molecular weight is 379 g/mol. The maximum absolute atomic E-state index is 12.7. The summed E-state index contributed by atoms with van der Waals surface area (Å²) in [7, 11) is 0. The minimum absolute atomic E-state index is 0.516. The second-order valence-electron chi connectivity index (χ2n) is 8.23. The van der Waals surface area contributed by atoms with Crippen molar-refractivity contribution in [2.24, 2.45) is 0 Å². The van der Waals surface area contributed by atoms with E-state index < -0.39 is 6.16 Å². The Bertz CT molecular complexity index is 831. The highest BCUT2D eigenvalue weighted by Crippen LogP contribution is 2.48. The molecule has 0 saturated heterocycles. The van der Waals surface area contributed by atoms with Gasteiger partial charge in [-0.15, -0.1) is 0 Å². The van der Waals surface area contributed by atoms with Gasteiger partial charge in [-0.1, -0.05) is 26.0 Å². The Morgan fingerprint density at radius 2 is 1.18 bits per heavy atom. The van der Waals surface area contributed by atoms with Gasteiger partial charge in [0, 0.05) is 11.1 Å². The molecule has 2 fully saturated rings. The molecule has 0 atom stereocenters. The van der Waals surface area contributed by atoms with Gasteiger partial charge in [-0.05, 0) is 98.6 Å². The van der Waals surface area contributed by atoms with Gasteiger partial charge < -0.3 is 9.47 Å². The van der Waals surface area contributed by atoms with E-state index in [1.807, 2.05) is 12.1 Å². The summed E-state index contributed by atoms with van der Waals surface area (Å²) >= 11 is 0. The van der Waals surface area contributed by atoms with E-state index in [4.69, 9.17) is 9.47 Å². The summed E-state index contributed by atoms with van der Waals surface area (Å²) < 4.78 is 11.4. The Labute approximate surface area is 168 Å². The SMILES string of the molecule is CCc1ccc(OC(=O)Oc2ccc(CC)c(C)c2C2CC2)c(C2CC2)c1C. The lowest BCUT2D eigenvalue weighted by atomic mass is 9.96. The van der Waals surface area contributed by atoms with Crippen molar-refractivity contribution in [2.75, 3.05) is 0 Å². The summed E-state index contributed by atoms with van der Waals surface area (Å²) in [5, 5.41) is 0. The largest absolute Gasteiger partial charge is 0.519 e. The van der Waals surface area contributed by atoms with Crippen LogP contribution >= 0.6 is 0 Å². The molecule has 0 spiro atoms. The highest BCUT2D eigenvalue weighted by molar-refractivity contribution is 5.70. The lowest BCUT2D eigenvalue weighted by Gasteiger charge is -2.17. The molecule has 0 N–H and O–H groups in total. The zero-order valence-electron chi connectivity index (χ0n) is 17.4. The number of rotatable bonds is 6. The molecule has 0 heterocycles. The van der Waals surface area contributed by atoms with Crippen molar-refractivity contribution in [3.8, 4) is 11.5 Å². The molecule has 0 unspecified atom stereocenters. The summed E-state index contributed by atoms with van der Waals surface area (Å²) in [5.41, 5.74) is 7.55. The second kappa shape index (κ2) is 7.62. The monoisotopic (exact) mass is 378 g/mol. The van der Waals surface area contributed by atoms with Crippen LogP contribution in [-0.4, -0.2) is 6.16 Å². The Morgan fingerprint density at radius 1 is 0.786 bits per heavy atom. The number of hydrogen-bond donors (Lipinski definition) is 0. The van der Waals surface area contributed by atoms with Crippen molar-refractivity contribution >= 4 is 6.16 Å². The lowest BCUT2D eigenvalue weighted by Crippen LogP contribution is -2.16. The van der Waals surface area contributed by atoms with Crippen LogP contribution < -0.4 is 9.47 Å². The fourth-order valence-corrected chi connectivity index (χ4v) is 4.40. The van der Waals surface area contributed by atoms with Gasteiger partial charge in [-0.2, -0.15) is 0 Å². The van der Waals surface area contributed by atoms with Gasteiger partial charge in [0.25, 0.3) is 0 Å². The Hall–Kier alpha value is -2.29. The van der Waals surface area contributed by atoms with Crippen molar-refractivity contribution in [3.05, 3.63) is 57.6 Å². The van der Waals surface area contributed by atoms with Gasteiger partial charge in [-0.3, -0.25) is 0 Å². The van der Waals surface area contributed by atoms with Crippen LogP contribution in [0.2, 0.25) is 0 Å². The highest BCUT2D eigenvalue weighted by Gasteiger charge is 2.32. The first-order valence-electron chi connectivity index (χ1n) is 10.7. The first kappa shape index (κ1) is 19.0. The molecule has 3 nitrogen and oxygen atoms in total. The van der Waals surface area contributed by atoms with Crippen LogP contribution in [0.25, 0.3) is 0 Å². The van der Waals surface area contributed by atoms with Crippen LogP contribution in [0.1, 0.15) is 84.7 Å². The van der Waals surface area contributed by atoms with E-state index in [9.17, 15) is 4.79 Å². The number of ether oxygens (including phenoxy) is 2. The number of aryl methyl sites for hydroxylation is 2. The van der Waals surface area contributed by atoms with E-state index in [1.165, 1.54) is 59.1 Å². The normalized spacial score (nSPS) is 16.1. The summed E-state index contributed by atoms with van der Waals surface area (Å²) in [6.45, 7) is 8.61. The molecule has 0 radical (unpaired) electrons. The van der Waals surface area contributed by atoms with Crippen molar-refractivity contribution in [2.45, 2.75) is 78.1 Å². The number of carbonyl (C=O) groups excluding carboxylic acids is 1. The fourth-order valence-electron chi connectivity index (χ4n) is 4.40. The molecule has 2 saturated carbocycles. The Kier molecular flexibility index (Phi) is 5.18. The van der Waals surface area contributed by atoms with Gasteiger partial charge in [0.15, 0.2) is 0 Å². The van der Waals surface area contributed by atoms with Crippen LogP contribution in [0.15, 0.2) is 24.3 Å². The maximum atomic E-state index is 12.7. The van der Waals surface area contributed by atoms with Crippen molar-refractivity contribution in [3.63, 3.8) is 0 Å². The van der Waals surface area contributed by atoms with Gasteiger partial charge >= 0.3 is 6.16 Å². The molecular weight excluding hydrogens is 348 g/mol. The number of carbonyl (C=O) groups is 1. The molecule has 0 aliphatic heterocycles. The lowest BCUT2D eigenvalue weighted by molar-refractivity contribution is 0.151. The molecule has 28 heavy (non-hydrogen) atoms. The van der Waals surface area contributed by atoms with Crippen LogP contribution in [0, 0.1) is 13.8 Å². The van der Waals surface area contributed by atoms with E-state index in [-0.39, 0.29) is 0 Å². The van der Waals surface area contributed by atoms with Gasteiger partial charge in [0.2, 0.25) is 0 Å². The Morgan fingerprint density at radius 3 is 1.50 bits per heavy atom. The fraction of sp³-hybridized carbons (Fsp3) is 0.480. The van der Waals surface area contributed by atoms with Gasteiger partial charge in [0.05, 0.1) is 0 Å². The Balaban J connectivity index is 1.58. The highest BCUT2D eigenvalue weighted by atomic mass is 16.7. The average Bonchev–Trinajstić information content (AvgIpc) is 3.56. The first-order chi connectivity index (χ1) is 13.5. The molecule has 4 rings (SSSR count). The molecule has 2 aromatic rings. The van der Waals surface area contributed by atoms with Crippen molar-refractivity contribution < 1.29 is 14.3 Å². The predicted octanol–water partition coefficient (Wildman–Crippen LogP) is 6.76. The molecule has 148 valence electrons. The maximum Gasteiger partial charge on any atom is 0.519 e. The number of benzene rings is 2. The van der Waals surface area contributed by atoms with Crippen LogP contribution in [0.4, 0.5) is 4.79 Å². The smallest absolute Gasteiger partial charge is 0.394 e. The topological polar surface area (TPSA) is 35.5 Å². The predicted molar refractivity (Wildman–Crippen MR) is 112 cm³/mol. The van der Waals surface area contributed by atoms with Gasteiger partial charge in [0.1, 0.15) is 11.5 Å². The number of hydrogen-bond acceptors (Lipinski definition) is 3. The molecule has 2 aromatic carbocycles. The van der Waals surface area contributed by atoms with Crippen LogP contribution in [0.5, 0.6) is 11.5 Å². The third-order valence-electron chi connectivity index (χ3n) is 6.29. The first-order valence-corrected chi connectivity index (χ1v) is 10.7. The third kappa shape index (κ3) is 3.67. The molecule has 0 aromatic heterocycles. The van der Waals surface area contributed by atoms with Crippen LogP contribution in [0.3, 0.4) is 0 Å². The summed E-state index contributed by atoms with van der Waals surface area (Å²) in [6, 6.07) is 8.02. The third-order valence-corrected chi connectivity index (χ3v) is 6.29. The zero-order chi connectivity index (χ0) is 19.8. The van der Waals surface area contributed by atoms with E-state index in [2.05, 4.69) is 39.8 Å². The van der Waals surface area contributed by atoms with E-state index in [1.54, 1.807) is 0 Å². The molecule has 0 bridgehead atoms. The molecule has 0 amide bonds. The zero-order valence-corrected chi connectivity index (χ0v) is 17.4. The summed E-state index contributed by atoms with van der Waals surface area (Å²) in [5.74, 6) is 2.36. The van der Waals surface area contributed by atoms with Gasteiger partial charge in [-0.25, -0.2) is 4.79 Å². The standard InChI is InChI=1S/C25H30O3/c1-5-17-11-13-21(23(15(17)3)19-7-8-19)27-25(26)28-22-14-12-18(6-2)16(4)24(22)20-9-10-20/h11-14,19-20H,5-10H2,1-4H3. The van der Waals surface area contributed by atoms with Crippen LogP contribution in [-0.2, 0) is 12.8 Å². The molecule has 3 heteroatoms. The van der Waals surface area contributed by atoms with E-state index >= 15 is 0 Å². The quantitative estimate of drug-likeness (QED) is 0.411. The van der Waals surface area contributed by atoms with E-state index in [0.717, 1.165) is 12.8 Å². The van der Waals surface area contributed by atoms with Crippen molar-refractivity contribution in [1.82, 2.24) is 0 Å².